The Balaban J connectivity index is 2.19. The van der Waals surface area contributed by atoms with Crippen LogP contribution in [0.5, 0.6) is 11.5 Å². The largest absolute Gasteiger partial charge is 0.494 e. The minimum absolute atomic E-state index is 0.160. The fourth-order valence-corrected chi connectivity index (χ4v) is 1.71. The number of hydrogen-bond donors (Lipinski definition) is 0. The van der Waals surface area contributed by atoms with Crippen molar-refractivity contribution in [3.63, 3.8) is 0 Å². The number of carbonyl (C=O) groups excluding carboxylic acids is 1. The zero-order valence-electron chi connectivity index (χ0n) is 11.6. The van der Waals surface area contributed by atoms with Crippen LogP contribution in [-0.2, 0) is 0 Å². The molecule has 0 aliphatic heterocycles. The highest BCUT2D eigenvalue weighted by atomic mass is 19.2. The van der Waals surface area contributed by atoms with Crippen LogP contribution >= 0.6 is 0 Å². The molecule has 22 heavy (non-hydrogen) atoms. The Morgan fingerprint density at radius 3 is 2.41 bits per heavy atom. The quantitative estimate of drug-likeness (QED) is 0.641. The number of halogens is 2. The van der Waals surface area contributed by atoms with Crippen molar-refractivity contribution in [1.29, 1.82) is 5.26 Å². The van der Waals surface area contributed by atoms with E-state index in [0.717, 1.165) is 12.1 Å². The van der Waals surface area contributed by atoms with Gasteiger partial charge in [-0.25, -0.2) is 9.18 Å². The van der Waals surface area contributed by atoms with Crippen LogP contribution in [-0.4, -0.2) is 12.6 Å². The van der Waals surface area contributed by atoms with Crippen molar-refractivity contribution in [2.24, 2.45) is 0 Å². The van der Waals surface area contributed by atoms with Crippen molar-refractivity contribution < 1.29 is 23.0 Å². The van der Waals surface area contributed by atoms with E-state index < -0.39 is 28.9 Å². The fraction of sp³-hybridized carbons (Fsp3) is 0.125. The first-order valence-electron chi connectivity index (χ1n) is 6.40. The Morgan fingerprint density at radius 1 is 1.14 bits per heavy atom. The van der Waals surface area contributed by atoms with Crippen molar-refractivity contribution >= 4 is 5.97 Å². The summed E-state index contributed by atoms with van der Waals surface area (Å²) in [6.07, 6.45) is 0. The molecule has 0 aliphatic carbocycles. The third kappa shape index (κ3) is 3.20. The van der Waals surface area contributed by atoms with Gasteiger partial charge in [-0.3, -0.25) is 0 Å². The van der Waals surface area contributed by atoms with Gasteiger partial charge in [0.25, 0.3) is 0 Å². The molecule has 0 radical (unpaired) electrons. The second kappa shape index (κ2) is 6.68. The van der Waals surface area contributed by atoms with Gasteiger partial charge in [0, 0.05) is 0 Å². The summed E-state index contributed by atoms with van der Waals surface area (Å²) >= 11 is 0. The normalized spacial score (nSPS) is 9.91. The number of nitrogens with zero attached hydrogens (tertiary/aromatic N) is 1. The molecule has 0 aliphatic rings. The van der Waals surface area contributed by atoms with Gasteiger partial charge >= 0.3 is 5.97 Å². The number of nitriles is 1. The van der Waals surface area contributed by atoms with Gasteiger partial charge in [0.2, 0.25) is 5.82 Å². The average Bonchev–Trinajstić information content (AvgIpc) is 2.53. The summed E-state index contributed by atoms with van der Waals surface area (Å²) in [6, 6.07) is 9.60. The molecule has 112 valence electrons. The van der Waals surface area contributed by atoms with Crippen LogP contribution < -0.4 is 9.47 Å². The standard InChI is InChI=1S/C16H11F2NO3/c1-2-21-12-6-3-10(4-7-12)16(20)22-13-8-5-11(9-19)14(17)15(13)18/h3-8H,2H2,1H3. The first kappa shape index (κ1) is 15.4. The van der Waals surface area contributed by atoms with Gasteiger partial charge in [0.1, 0.15) is 11.8 Å². The van der Waals surface area contributed by atoms with Gasteiger partial charge in [-0.15, -0.1) is 0 Å². The summed E-state index contributed by atoms with van der Waals surface area (Å²) < 4.78 is 37.1. The highest BCUT2D eigenvalue weighted by molar-refractivity contribution is 5.91. The summed E-state index contributed by atoms with van der Waals surface area (Å²) in [5.74, 6) is -3.56. The monoisotopic (exact) mass is 303 g/mol. The maximum Gasteiger partial charge on any atom is 0.343 e. The molecule has 0 fully saturated rings. The summed E-state index contributed by atoms with van der Waals surface area (Å²) in [4.78, 5) is 11.9. The van der Waals surface area contributed by atoms with E-state index in [1.165, 1.54) is 18.2 Å². The van der Waals surface area contributed by atoms with Crippen LogP contribution in [0, 0.1) is 23.0 Å². The molecule has 0 heterocycles. The minimum atomic E-state index is -1.38. The third-order valence-corrected chi connectivity index (χ3v) is 2.77. The van der Waals surface area contributed by atoms with E-state index in [4.69, 9.17) is 14.7 Å². The molecule has 0 spiro atoms. The van der Waals surface area contributed by atoms with E-state index in [1.54, 1.807) is 12.1 Å². The van der Waals surface area contributed by atoms with E-state index in [2.05, 4.69) is 0 Å². The number of carbonyl (C=O) groups is 1. The maximum absolute atomic E-state index is 13.7. The van der Waals surface area contributed by atoms with Crippen molar-refractivity contribution in [3.8, 4) is 17.6 Å². The topological polar surface area (TPSA) is 59.3 Å². The lowest BCUT2D eigenvalue weighted by molar-refractivity contribution is 0.0726. The summed E-state index contributed by atoms with van der Waals surface area (Å²) in [6.45, 7) is 2.31. The lowest BCUT2D eigenvalue weighted by Gasteiger charge is -2.07. The molecule has 4 nitrogen and oxygen atoms in total. The highest BCUT2D eigenvalue weighted by Crippen LogP contribution is 2.23. The number of benzene rings is 2. The Labute approximate surface area is 125 Å². The zero-order chi connectivity index (χ0) is 16.1. The van der Waals surface area contributed by atoms with Crippen LogP contribution in [0.3, 0.4) is 0 Å². The average molecular weight is 303 g/mol. The third-order valence-electron chi connectivity index (χ3n) is 2.77. The number of rotatable bonds is 4. The van der Waals surface area contributed by atoms with Crippen molar-refractivity contribution in [2.75, 3.05) is 6.61 Å². The molecular weight excluding hydrogens is 292 g/mol. The Kier molecular flexibility index (Phi) is 4.69. The van der Waals surface area contributed by atoms with Crippen molar-refractivity contribution in [1.82, 2.24) is 0 Å². The van der Waals surface area contributed by atoms with Gasteiger partial charge in [-0.2, -0.15) is 9.65 Å². The molecular formula is C16H11F2NO3. The van der Waals surface area contributed by atoms with Crippen LogP contribution in [0.15, 0.2) is 36.4 Å². The summed E-state index contributed by atoms with van der Waals surface area (Å²) in [5.41, 5.74) is -0.300. The molecule has 0 N–H and O–H groups in total. The van der Waals surface area contributed by atoms with Crippen LogP contribution in [0.2, 0.25) is 0 Å². The number of esters is 1. The molecule has 0 aromatic heterocycles. The fourth-order valence-electron chi connectivity index (χ4n) is 1.71. The number of hydrogen-bond acceptors (Lipinski definition) is 4. The zero-order valence-corrected chi connectivity index (χ0v) is 11.6. The Bertz CT molecular complexity index is 736. The molecule has 2 aromatic carbocycles. The van der Waals surface area contributed by atoms with Gasteiger partial charge < -0.3 is 9.47 Å². The predicted octanol–water partition coefficient (Wildman–Crippen LogP) is 3.45. The predicted molar refractivity (Wildman–Crippen MR) is 73.6 cm³/mol. The SMILES string of the molecule is CCOc1ccc(C(=O)Oc2ccc(C#N)c(F)c2F)cc1. The molecule has 0 amide bonds. The van der Waals surface area contributed by atoms with E-state index in [-0.39, 0.29) is 5.56 Å². The minimum Gasteiger partial charge on any atom is -0.494 e. The lowest BCUT2D eigenvalue weighted by atomic mass is 10.2. The first-order valence-corrected chi connectivity index (χ1v) is 6.40. The van der Waals surface area contributed by atoms with Crippen LogP contribution in [0.4, 0.5) is 8.78 Å². The summed E-state index contributed by atoms with van der Waals surface area (Å²) in [7, 11) is 0. The molecule has 0 saturated heterocycles. The van der Waals surface area contributed by atoms with E-state index in [1.807, 2.05) is 6.92 Å². The van der Waals surface area contributed by atoms with Crippen LogP contribution in [0.25, 0.3) is 0 Å². The van der Waals surface area contributed by atoms with Gasteiger partial charge in [0.05, 0.1) is 17.7 Å². The van der Waals surface area contributed by atoms with Crippen molar-refractivity contribution in [3.05, 3.63) is 59.2 Å². The molecule has 0 atom stereocenters. The highest BCUT2D eigenvalue weighted by Gasteiger charge is 2.17. The van der Waals surface area contributed by atoms with Crippen LogP contribution in [0.1, 0.15) is 22.8 Å². The smallest absolute Gasteiger partial charge is 0.343 e. The molecule has 6 heteroatoms. The van der Waals surface area contributed by atoms with E-state index >= 15 is 0 Å². The second-order valence-corrected chi connectivity index (χ2v) is 4.20. The van der Waals surface area contributed by atoms with Gasteiger partial charge in [0.15, 0.2) is 11.6 Å². The lowest BCUT2D eigenvalue weighted by Crippen LogP contribution is -2.10. The number of ether oxygens (including phenoxy) is 2. The molecule has 2 rings (SSSR count). The molecule has 0 saturated carbocycles. The molecule has 2 aromatic rings. The summed E-state index contributed by atoms with van der Waals surface area (Å²) in [5, 5.41) is 8.59. The Morgan fingerprint density at radius 2 is 1.82 bits per heavy atom. The van der Waals surface area contributed by atoms with Gasteiger partial charge in [-0.05, 0) is 43.3 Å². The Hall–Kier alpha value is -2.94. The van der Waals surface area contributed by atoms with E-state index in [9.17, 15) is 13.6 Å². The van der Waals surface area contributed by atoms with Crippen molar-refractivity contribution in [2.45, 2.75) is 6.92 Å². The maximum atomic E-state index is 13.7. The first-order chi connectivity index (χ1) is 10.6. The molecule has 0 bridgehead atoms. The molecule has 0 unspecified atom stereocenters. The second-order valence-electron chi connectivity index (χ2n) is 4.20. The van der Waals surface area contributed by atoms with E-state index in [0.29, 0.717) is 12.4 Å². The van der Waals surface area contributed by atoms with Gasteiger partial charge in [-0.1, -0.05) is 0 Å².